The number of nitrogens with one attached hydrogen (secondary N) is 1. The summed E-state index contributed by atoms with van der Waals surface area (Å²) in [7, 11) is 0. The van der Waals surface area contributed by atoms with Crippen LogP contribution in [-0.2, 0) is 4.79 Å². The lowest BCUT2D eigenvalue weighted by molar-refractivity contribution is -0.133. The second kappa shape index (κ2) is 9.40. The van der Waals surface area contributed by atoms with Gasteiger partial charge in [-0.2, -0.15) is 0 Å². The Balaban J connectivity index is 1.34. The van der Waals surface area contributed by atoms with Crippen LogP contribution in [0, 0.1) is 0 Å². The van der Waals surface area contributed by atoms with E-state index < -0.39 is 6.04 Å². The van der Waals surface area contributed by atoms with E-state index in [9.17, 15) is 9.59 Å². The fourth-order valence-corrected chi connectivity index (χ4v) is 3.64. The molecule has 2 amide bonds. The van der Waals surface area contributed by atoms with Gasteiger partial charge in [0.1, 0.15) is 6.04 Å². The summed E-state index contributed by atoms with van der Waals surface area (Å²) in [6.45, 7) is 2.81. The molecule has 1 aromatic heterocycles. The average Bonchev–Trinajstić information content (AvgIpc) is 2.84. The van der Waals surface area contributed by atoms with E-state index in [-0.39, 0.29) is 11.8 Å². The van der Waals surface area contributed by atoms with E-state index in [0.29, 0.717) is 29.9 Å². The number of pyridine rings is 1. The standard InChI is InChI=1S/C24H25N5O2/c25-22(24(31)29-16-14-28(15-17-29)21-4-2-1-3-5-21)18-6-8-19(9-7-18)23(30)27-20-10-12-26-13-11-20/h1-13,22H,14-17,25H2,(H,26,27,30). The number of nitrogens with two attached hydrogens (primary N) is 1. The maximum Gasteiger partial charge on any atom is 0.255 e. The highest BCUT2D eigenvalue weighted by molar-refractivity contribution is 6.04. The predicted octanol–water partition coefficient (Wildman–Crippen LogP) is 2.68. The summed E-state index contributed by atoms with van der Waals surface area (Å²) in [5.74, 6) is -0.323. The van der Waals surface area contributed by atoms with Gasteiger partial charge in [-0.15, -0.1) is 0 Å². The number of amides is 2. The van der Waals surface area contributed by atoms with E-state index in [4.69, 9.17) is 5.73 Å². The van der Waals surface area contributed by atoms with Crippen molar-refractivity contribution in [3.63, 3.8) is 0 Å². The van der Waals surface area contributed by atoms with E-state index in [2.05, 4.69) is 27.3 Å². The van der Waals surface area contributed by atoms with Gasteiger partial charge in [0.2, 0.25) is 5.91 Å². The zero-order valence-electron chi connectivity index (χ0n) is 17.1. The van der Waals surface area contributed by atoms with Crippen molar-refractivity contribution in [2.75, 3.05) is 36.4 Å². The van der Waals surface area contributed by atoms with Crippen molar-refractivity contribution in [2.24, 2.45) is 5.73 Å². The quantitative estimate of drug-likeness (QED) is 0.669. The number of nitrogens with zero attached hydrogens (tertiary/aromatic N) is 3. The molecule has 0 saturated carbocycles. The summed E-state index contributed by atoms with van der Waals surface area (Å²) in [5.41, 5.74) is 9.28. The Bertz CT molecular complexity index is 1020. The van der Waals surface area contributed by atoms with E-state index >= 15 is 0 Å². The van der Waals surface area contributed by atoms with Crippen LogP contribution in [0.3, 0.4) is 0 Å². The number of carbonyl (C=O) groups excluding carboxylic acids is 2. The molecule has 1 unspecified atom stereocenters. The lowest BCUT2D eigenvalue weighted by atomic mass is 10.0. The largest absolute Gasteiger partial charge is 0.368 e. The third-order valence-electron chi connectivity index (χ3n) is 5.45. The number of hydrogen-bond acceptors (Lipinski definition) is 5. The second-order valence-electron chi connectivity index (χ2n) is 7.44. The first-order chi connectivity index (χ1) is 15.1. The van der Waals surface area contributed by atoms with E-state index in [1.165, 1.54) is 5.69 Å². The Kier molecular flexibility index (Phi) is 6.24. The van der Waals surface area contributed by atoms with Gasteiger partial charge in [0.05, 0.1) is 0 Å². The third-order valence-corrected chi connectivity index (χ3v) is 5.45. The fraction of sp³-hybridized carbons (Fsp3) is 0.208. The van der Waals surface area contributed by atoms with Crippen LogP contribution in [0.1, 0.15) is 22.0 Å². The van der Waals surface area contributed by atoms with Crippen molar-refractivity contribution < 1.29 is 9.59 Å². The summed E-state index contributed by atoms with van der Waals surface area (Å²) in [5, 5.41) is 2.81. The smallest absolute Gasteiger partial charge is 0.255 e. The molecule has 1 aliphatic rings. The lowest BCUT2D eigenvalue weighted by Crippen LogP contribution is -2.51. The van der Waals surface area contributed by atoms with Gasteiger partial charge >= 0.3 is 0 Å². The van der Waals surface area contributed by atoms with Crippen LogP contribution in [-0.4, -0.2) is 47.9 Å². The van der Waals surface area contributed by atoms with Gasteiger partial charge in [-0.25, -0.2) is 0 Å². The third kappa shape index (κ3) is 4.90. The van der Waals surface area contributed by atoms with Crippen LogP contribution in [0.4, 0.5) is 11.4 Å². The van der Waals surface area contributed by atoms with Gasteiger partial charge in [0.25, 0.3) is 5.91 Å². The zero-order chi connectivity index (χ0) is 21.6. The molecule has 31 heavy (non-hydrogen) atoms. The summed E-state index contributed by atoms with van der Waals surface area (Å²) < 4.78 is 0. The van der Waals surface area contributed by atoms with Gasteiger partial charge in [-0.1, -0.05) is 30.3 Å². The molecule has 1 saturated heterocycles. The number of piperazine rings is 1. The van der Waals surface area contributed by atoms with Gasteiger partial charge in [-0.05, 0) is 42.0 Å². The summed E-state index contributed by atoms with van der Waals surface area (Å²) in [6, 6.07) is 19.7. The zero-order valence-corrected chi connectivity index (χ0v) is 17.1. The summed E-state index contributed by atoms with van der Waals surface area (Å²) in [6.07, 6.45) is 3.23. The molecule has 2 heterocycles. The Morgan fingerprint density at radius 2 is 1.52 bits per heavy atom. The second-order valence-corrected chi connectivity index (χ2v) is 7.44. The highest BCUT2D eigenvalue weighted by Gasteiger charge is 2.26. The van der Waals surface area contributed by atoms with Gasteiger partial charge in [0, 0.05) is 55.5 Å². The monoisotopic (exact) mass is 415 g/mol. The maximum atomic E-state index is 12.9. The van der Waals surface area contributed by atoms with Crippen molar-refractivity contribution >= 4 is 23.2 Å². The number of hydrogen-bond donors (Lipinski definition) is 2. The molecule has 4 rings (SSSR count). The van der Waals surface area contributed by atoms with Gasteiger partial charge in [-0.3, -0.25) is 14.6 Å². The topological polar surface area (TPSA) is 91.6 Å². The molecule has 2 aromatic carbocycles. The molecule has 7 nitrogen and oxygen atoms in total. The minimum Gasteiger partial charge on any atom is -0.368 e. The van der Waals surface area contributed by atoms with Crippen LogP contribution in [0.2, 0.25) is 0 Å². The van der Waals surface area contributed by atoms with Crippen molar-refractivity contribution in [2.45, 2.75) is 6.04 Å². The molecule has 1 fully saturated rings. The van der Waals surface area contributed by atoms with Crippen LogP contribution < -0.4 is 16.0 Å². The van der Waals surface area contributed by atoms with Gasteiger partial charge < -0.3 is 20.9 Å². The number of benzene rings is 2. The van der Waals surface area contributed by atoms with E-state index in [1.54, 1.807) is 48.8 Å². The summed E-state index contributed by atoms with van der Waals surface area (Å²) in [4.78, 5) is 33.3. The number of aromatic nitrogens is 1. The minimum atomic E-state index is -0.749. The molecule has 0 spiro atoms. The Morgan fingerprint density at radius 1 is 0.871 bits per heavy atom. The fourth-order valence-electron chi connectivity index (χ4n) is 3.64. The van der Waals surface area contributed by atoms with Crippen molar-refractivity contribution in [1.29, 1.82) is 0 Å². The molecule has 1 aliphatic heterocycles. The van der Waals surface area contributed by atoms with E-state index in [1.807, 2.05) is 23.1 Å². The lowest BCUT2D eigenvalue weighted by Gasteiger charge is -2.37. The van der Waals surface area contributed by atoms with E-state index in [0.717, 1.165) is 13.1 Å². The SMILES string of the molecule is NC(C(=O)N1CCN(c2ccccc2)CC1)c1ccc(C(=O)Nc2ccncc2)cc1. The van der Waals surface area contributed by atoms with Crippen molar-refractivity contribution in [1.82, 2.24) is 9.88 Å². The molecule has 7 heteroatoms. The molecule has 1 atom stereocenters. The molecule has 0 bridgehead atoms. The Morgan fingerprint density at radius 3 is 2.16 bits per heavy atom. The number of carbonyl (C=O) groups is 2. The molecule has 3 aromatic rings. The summed E-state index contributed by atoms with van der Waals surface area (Å²) >= 11 is 0. The molecule has 0 radical (unpaired) electrons. The van der Waals surface area contributed by atoms with Crippen molar-refractivity contribution in [3.05, 3.63) is 90.3 Å². The first kappa shape index (κ1) is 20.6. The van der Waals surface area contributed by atoms with Crippen LogP contribution in [0.5, 0.6) is 0 Å². The van der Waals surface area contributed by atoms with Crippen LogP contribution >= 0.6 is 0 Å². The molecule has 0 aliphatic carbocycles. The number of para-hydroxylation sites is 1. The Labute approximate surface area is 181 Å². The molecular formula is C24H25N5O2. The normalized spacial score (nSPS) is 14.7. The number of anilines is 2. The molecule has 3 N–H and O–H groups in total. The number of rotatable bonds is 5. The first-order valence-corrected chi connectivity index (χ1v) is 10.3. The highest BCUT2D eigenvalue weighted by Crippen LogP contribution is 2.19. The first-order valence-electron chi connectivity index (χ1n) is 10.3. The maximum absolute atomic E-state index is 12.9. The minimum absolute atomic E-state index is 0.0956. The highest BCUT2D eigenvalue weighted by atomic mass is 16.2. The van der Waals surface area contributed by atoms with Crippen LogP contribution in [0.15, 0.2) is 79.1 Å². The average molecular weight is 415 g/mol. The molecular weight excluding hydrogens is 390 g/mol. The Hall–Kier alpha value is -3.71. The molecule has 158 valence electrons. The predicted molar refractivity (Wildman–Crippen MR) is 121 cm³/mol. The van der Waals surface area contributed by atoms with Gasteiger partial charge in [0.15, 0.2) is 0 Å². The van der Waals surface area contributed by atoms with Crippen LogP contribution in [0.25, 0.3) is 0 Å². The van der Waals surface area contributed by atoms with Crippen molar-refractivity contribution in [3.8, 4) is 0 Å².